The number of benzene rings is 2. The average Bonchev–Trinajstić information content (AvgIpc) is 3.29. The van der Waals surface area contributed by atoms with Crippen LogP contribution in [0.5, 0.6) is 11.5 Å². The van der Waals surface area contributed by atoms with E-state index in [0.29, 0.717) is 29.4 Å². The average molecular weight is 443 g/mol. The third-order valence-electron chi connectivity index (χ3n) is 5.38. The Morgan fingerprint density at radius 1 is 1.00 bits per heavy atom. The Morgan fingerprint density at radius 3 is 2.58 bits per heavy atom. The number of pyridine rings is 1. The minimum absolute atomic E-state index is 0.243. The normalized spacial score (nSPS) is 10.7. The lowest BCUT2D eigenvalue weighted by Crippen LogP contribution is -2.26. The minimum Gasteiger partial charge on any atom is -0.497 e. The van der Waals surface area contributed by atoms with E-state index in [9.17, 15) is 4.79 Å². The second-order valence-electron chi connectivity index (χ2n) is 7.69. The minimum atomic E-state index is -0.243. The number of methoxy groups -OCH3 is 2. The van der Waals surface area contributed by atoms with Gasteiger partial charge in [-0.3, -0.25) is 9.78 Å². The smallest absolute Gasteiger partial charge is 0.270 e. The highest BCUT2D eigenvalue weighted by molar-refractivity contribution is 5.94. The molecule has 0 bridgehead atoms. The lowest BCUT2D eigenvalue weighted by Gasteiger charge is -2.11. The molecule has 0 saturated heterocycles. The van der Waals surface area contributed by atoms with Crippen molar-refractivity contribution in [1.82, 2.24) is 20.1 Å². The molecule has 0 fully saturated rings. The van der Waals surface area contributed by atoms with Gasteiger partial charge in [0, 0.05) is 17.8 Å². The van der Waals surface area contributed by atoms with Crippen LogP contribution in [0.15, 0.2) is 66.9 Å². The van der Waals surface area contributed by atoms with Gasteiger partial charge in [-0.25, -0.2) is 4.68 Å². The molecule has 2 aromatic carbocycles. The molecule has 1 N–H and O–H groups in total. The van der Waals surface area contributed by atoms with Crippen molar-refractivity contribution in [3.63, 3.8) is 0 Å². The molecule has 4 rings (SSSR count). The van der Waals surface area contributed by atoms with Gasteiger partial charge < -0.3 is 14.8 Å². The molecule has 0 aliphatic heterocycles. The molecule has 33 heavy (non-hydrogen) atoms. The Hall–Kier alpha value is -4.13. The van der Waals surface area contributed by atoms with Crippen LogP contribution in [0.3, 0.4) is 0 Å². The number of aryl methyl sites for hydroxylation is 2. The third-order valence-corrected chi connectivity index (χ3v) is 5.38. The van der Waals surface area contributed by atoms with E-state index in [2.05, 4.69) is 10.3 Å². The molecule has 0 unspecified atom stereocenters. The van der Waals surface area contributed by atoms with Crippen LogP contribution >= 0.6 is 0 Å². The molecular formula is C26H26N4O3. The monoisotopic (exact) mass is 442 g/mol. The first kappa shape index (κ1) is 22.1. The molecule has 4 aromatic rings. The topological polar surface area (TPSA) is 78.3 Å². The number of hydrogen-bond donors (Lipinski definition) is 1. The number of aromatic nitrogens is 3. The quantitative estimate of drug-likeness (QED) is 0.456. The van der Waals surface area contributed by atoms with E-state index in [1.165, 1.54) is 0 Å². The second kappa shape index (κ2) is 9.56. The van der Waals surface area contributed by atoms with E-state index >= 15 is 0 Å². The van der Waals surface area contributed by atoms with Crippen LogP contribution in [0.25, 0.3) is 16.9 Å². The van der Waals surface area contributed by atoms with Crippen molar-refractivity contribution < 1.29 is 14.3 Å². The summed E-state index contributed by atoms with van der Waals surface area (Å²) in [6, 6.07) is 19.0. The molecule has 0 aliphatic carbocycles. The molecule has 7 heteroatoms. The lowest BCUT2D eigenvalue weighted by molar-refractivity contribution is 0.0942. The van der Waals surface area contributed by atoms with Gasteiger partial charge in [-0.2, -0.15) is 5.10 Å². The number of carbonyl (C=O) groups excluding carboxylic acids is 1. The number of carbonyl (C=O) groups is 1. The second-order valence-corrected chi connectivity index (χ2v) is 7.69. The fourth-order valence-electron chi connectivity index (χ4n) is 3.58. The van der Waals surface area contributed by atoms with Gasteiger partial charge in [0.05, 0.1) is 37.8 Å². The molecule has 2 heterocycles. The summed E-state index contributed by atoms with van der Waals surface area (Å²) in [5.74, 6) is 1.05. The Balaban J connectivity index is 1.78. The van der Waals surface area contributed by atoms with Crippen molar-refractivity contribution in [3.8, 4) is 28.4 Å². The predicted octanol–water partition coefficient (Wildman–Crippen LogP) is 4.50. The summed E-state index contributed by atoms with van der Waals surface area (Å²) in [6.45, 7) is 4.33. The van der Waals surface area contributed by atoms with E-state index < -0.39 is 0 Å². The van der Waals surface area contributed by atoms with E-state index in [1.807, 2.05) is 62.4 Å². The van der Waals surface area contributed by atoms with Gasteiger partial charge in [0.25, 0.3) is 5.91 Å². The summed E-state index contributed by atoms with van der Waals surface area (Å²) in [6.07, 6.45) is 1.70. The van der Waals surface area contributed by atoms with Crippen LogP contribution in [0.2, 0.25) is 0 Å². The summed E-state index contributed by atoms with van der Waals surface area (Å²) in [7, 11) is 3.20. The third kappa shape index (κ3) is 4.72. The first-order valence-electron chi connectivity index (χ1n) is 10.6. The van der Waals surface area contributed by atoms with E-state index in [1.54, 1.807) is 37.2 Å². The van der Waals surface area contributed by atoms with Gasteiger partial charge in [-0.05, 0) is 61.4 Å². The largest absolute Gasteiger partial charge is 0.497 e. The SMILES string of the molecule is COc1ccc(-c2cc(C(=O)NCc3ccccn3)n(-c3cc(C)ccc3C)n2)c(OC)c1. The number of ether oxygens (including phenoxy) is 2. The lowest BCUT2D eigenvalue weighted by atomic mass is 10.1. The fourth-order valence-corrected chi connectivity index (χ4v) is 3.58. The zero-order valence-corrected chi connectivity index (χ0v) is 19.1. The van der Waals surface area contributed by atoms with Gasteiger partial charge in [0.15, 0.2) is 0 Å². The van der Waals surface area contributed by atoms with Crippen LogP contribution in [0, 0.1) is 13.8 Å². The molecular weight excluding hydrogens is 416 g/mol. The Labute approximate surface area is 193 Å². The maximum Gasteiger partial charge on any atom is 0.270 e. The van der Waals surface area contributed by atoms with Crippen LogP contribution in [-0.2, 0) is 6.54 Å². The molecule has 168 valence electrons. The van der Waals surface area contributed by atoms with Gasteiger partial charge in [-0.15, -0.1) is 0 Å². The summed E-state index contributed by atoms with van der Waals surface area (Å²) in [5.41, 5.74) is 5.52. The Morgan fingerprint density at radius 2 is 1.85 bits per heavy atom. The summed E-state index contributed by atoms with van der Waals surface area (Å²) in [5, 5.41) is 7.77. The molecule has 1 amide bonds. The van der Waals surface area contributed by atoms with Crippen LogP contribution in [0.1, 0.15) is 27.3 Å². The first-order chi connectivity index (χ1) is 16.0. The van der Waals surface area contributed by atoms with Crippen molar-refractivity contribution in [2.75, 3.05) is 14.2 Å². The number of amides is 1. The fraction of sp³-hybridized carbons (Fsp3) is 0.192. The van der Waals surface area contributed by atoms with E-state index in [4.69, 9.17) is 14.6 Å². The van der Waals surface area contributed by atoms with Crippen molar-refractivity contribution in [2.24, 2.45) is 0 Å². The van der Waals surface area contributed by atoms with Gasteiger partial charge in [0.2, 0.25) is 0 Å². The summed E-state index contributed by atoms with van der Waals surface area (Å²) in [4.78, 5) is 17.5. The first-order valence-corrected chi connectivity index (χ1v) is 10.6. The number of rotatable bonds is 7. The zero-order chi connectivity index (χ0) is 23.4. The standard InChI is InChI=1S/C26H26N4O3/c1-17-8-9-18(2)23(13-17)30-24(26(31)28-16-19-7-5-6-12-27-19)15-22(29-30)21-11-10-20(32-3)14-25(21)33-4/h5-15H,16H2,1-4H3,(H,28,31). The molecule has 0 aliphatic rings. The van der Waals surface area contributed by atoms with E-state index in [0.717, 1.165) is 28.1 Å². The van der Waals surface area contributed by atoms with Crippen molar-refractivity contribution >= 4 is 5.91 Å². The van der Waals surface area contributed by atoms with Crippen molar-refractivity contribution in [3.05, 3.63) is 89.4 Å². The van der Waals surface area contributed by atoms with E-state index in [-0.39, 0.29) is 5.91 Å². The highest BCUT2D eigenvalue weighted by atomic mass is 16.5. The van der Waals surface area contributed by atoms with Crippen molar-refractivity contribution in [2.45, 2.75) is 20.4 Å². The zero-order valence-electron chi connectivity index (χ0n) is 19.1. The molecule has 7 nitrogen and oxygen atoms in total. The van der Waals surface area contributed by atoms with Crippen LogP contribution < -0.4 is 14.8 Å². The predicted molar refractivity (Wildman–Crippen MR) is 127 cm³/mol. The molecule has 0 saturated carbocycles. The number of hydrogen-bond acceptors (Lipinski definition) is 5. The number of nitrogens with one attached hydrogen (secondary N) is 1. The van der Waals surface area contributed by atoms with Gasteiger partial charge >= 0.3 is 0 Å². The van der Waals surface area contributed by atoms with Crippen LogP contribution in [-0.4, -0.2) is 34.9 Å². The highest BCUT2D eigenvalue weighted by Gasteiger charge is 2.21. The molecule has 0 radical (unpaired) electrons. The highest BCUT2D eigenvalue weighted by Crippen LogP contribution is 2.34. The Kier molecular flexibility index (Phi) is 6.40. The summed E-state index contributed by atoms with van der Waals surface area (Å²) >= 11 is 0. The maximum absolute atomic E-state index is 13.3. The molecule has 2 aromatic heterocycles. The summed E-state index contributed by atoms with van der Waals surface area (Å²) < 4.78 is 12.6. The van der Waals surface area contributed by atoms with Gasteiger partial charge in [-0.1, -0.05) is 18.2 Å². The number of nitrogens with zero attached hydrogens (tertiary/aromatic N) is 3. The van der Waals surface area contributed by atoms with Crippen molar-refractivity contribution in [1.29, 1.82) is 0 Å². The van der Waals surface area contributed by atoms with Crippen LogP contribution in [0.4, 0.5) is 0 Å². The molecule has 0 spiro atoms. The molecule has 0 atom stereocenters. The maximum atomic E-state index is 13.3. The van der Waals surface area contributed by atoms with Gasteiger partial charge in [0.1, 0.15) is 17.2 Å². The Bertz CT molecular complexity index is 1280.